The monoisotopic (exact) mass is 414 g/mol. The highest BCUT2D eigenvalue weighted by Crippen LogP contribution is 2.34. The van der Waals surface area contributed by atoms with Crippen molar-refractivity contribution in [2.24, 2.45) is 0 Å². The first-order chi connectivity index (χ1) is 13.5. The summed E-state index contributed by atoms with van der Waals surface area (Å²) in [4.78, 5) is 21.4. The molecule has 0 radical (unpaired) electrons. The van der Waals surface area contributed by atoms with Gasteiger partial charge in [0.15, 0.2) is 5.13 Å². The second-order valence-corrected chi connectivity index (χ2v) is 7.03. The van der Waals surface area contributed by atoms with Crippen LogP contribution in [0.3, 0.4) is 0 Å². The van der Waals surface area contributed by atoms with Crippen LogP contribution in [0.4, 0.5) is 9.52 Å². The molecule has 3 aromatic heterocycles. The molecule has 0 atom stereocenters. The molecule has 0 aliphatic rings. The molecular weight excluding hydrogens is 403 g/mol. The fourth-order valence-corrected chi connectivity index (χ4v) is 3.61. The van der Waals surface area contributed by atoms with E-state index < -0.39 is 11.7 Å². The van der Waals surface area contributed by atoms with Crippen molar-refractivity contribution in [1.82, 2.24) is 15.1 Å². The number of hydrogen-bond donors (Lipinski definition) is 1. The van der Waals surface area contributed by atoms with Gasteiger partial charge >= 0.3 is 0 Å². The maximum atomic E-state index is 14.3. The summed E-state index contributed by atoms with van der Waals surface area (Å²) < 4.78 is 19.4. The minimum atomic E-state index is -0.596. The summed E-state index contributed by atoms with van der Waals surface area (Å²) in [6.45, 7) is 1.57. The lowest BCUT2D eigenvalue weighted by atomic mass is 10.1. The molecule has 4 aromatic rings. The van der Waals surface area contributed by atoms with Crippen molar-refractivity contribution in [1.29, 1.82) is 0 Å². The van der Waals surface area contributed by atoms with E-state index in [0.717, 1.165) is 0 Å². The maximum Gasteiger partial charge on any atom is 0.263 e. The molecule has 0 aliphatic carbocycles. The second kappa shape index (κ2) is 7.49. The van der Waals surface area contributed by atoms with Crippen LogP contribution >= 0.6 is 22.9 Å². The van der Waals surface area contributed by atoms with Gasteiger partial charge in [0.25, 0.3) is 5.91 Å². The Labute approximate surface area is 168 Å². The van der Waals surface area contributed by atoms with E-state index in [9.17, 15) is 9.18 Å². The summed E-state index contributed by atoms with van der Waals surface area (Å²) in [5, 5.41) is 8.83. The molecule has 0 fully saturated rings. The van der Waals surface area contributed by atoms with E-state index in [4.69, 9.17) is 16.1 Å². The third-order valence-electron chi connectivity index (χ3n) is 3.94. The largest absolute Gasteiger partial charge is 0.360 e. The Kier molecular flexibility index (Phi) is 4.89. The first-order valence-electron chi connectivity index (χ1n) is 8.13. The van der Waals surface area contributed by atoms with Crippen LogP contribution in [0.2, 0.25) is 5.02 Å². The fourth-order valence-electron chi connectivity index (χ4n) is 2.66. The average molecular weight is 415 g/mol. The Hall–Kier alpha value is -3.10. The van der Waals surface area contributed by atoms with Crippen LogP contribution < -0.4 is 5.32 Å². The van der Waals surface area contributed by atoms with Gasteiger partial charge in [-0.25, -0.2) is 9.37 Å². The van der Waals surface area contributed by atoms with Crippen molar-refractivity contribution >= 4 is 34.0 Å². The Bertz CT molecular complexity index is 1140. The van der Waals surface area contributed by atoms with Gasteiger partial charge in [-0.05, 0) is 31.2 Å². The minimum absolute atomic E-state index is 0.0134. The van der Waals surface area contributed by atoms with Gasteiger partial charge in [0.1, 0.15) is 28.5 Å². The average Bonchev–Trinajstić information content (AvgIpc) is 3.29. The van der Waals surface area contributed by atoms with Crippen LogP contribution in [0.15, 0.2) is 52.5 Å². The van der Waals surface area contributed by atoms with Gasteiger partial charge in [-0.3, -0.25) is 15.1 Å². The highest BCUT2D eigenvalue weighted by Gasteiger charge is 2.26. The molecule has 0 saturated heterocycles. The number of rotatable bonds is 4. The van der Waals surface area contributed by atoms with Crippen molar-refractivity contribution in [3.8, 4) is 22.6 Å². The summed E-state index contributed by atoms with van der Waals surface area (Å²) in [7, 11) is 0. The van der Waals surface area contributed by atoms with Crippen LogP contribution in [-0.2, 0) is 0 Å². The standard InChI is InChI=1S/C19H12ClFN4O2S/c1-10-15(17(25-27-10)16-11(20)5-4-6-12(16)21)18(26)24-19-23-14(9-28-19)13-7-2-3-8-22-13/h2-9H,1H3,(H,23,24,26). The number of aryl methyl sites for hydroxylation is 1. The van der Waals surface area contributed by atoms with Crippen LogP contribution in [0.5, 0.6) is 0 Å². The maximum absolute atomic E-state index is 14.3. The number of thiazole rings is 1. The topological polar surface area (TPSA) is 80.9 Å². The Morgan fingerprint density at radius 1 is 1.21 bits per heavy atom. The summed E-state index contributed by atoms with van der Waals surface area (Å²) in [5.41, 5.74) is 1.49. The molecule has 0 unspecified atom stereocenters. The number of pyridine rings is 1. The molecule has 1 N–H and O–H groups in total. The zero-order valence-corrected chi connectivity index (χ0v) is 16.0. The van der Waals surface area contributed by atoms with Crippen LogP contribution in [0.1, 0.15) is 16.1 Å². The number of carbonyl (C=O) groups is 1. The number of carbonyl (C=O) groups excluding carboxylic acids is 1. The molecule has 6 nitrogen and oxygen atoms in total. The third kappa shape index (κ3) is 3.39. The molecule has 140 valence electrons. The second-order valence-electron chi connectivity index (χ2n) is 5.77. The first kappa shape index (κ1) is 18.3. The van der Waals surface area contributed by atoms with Crippen LogP contribution in [0.25, 0.3) is 22.6 Å². The zero-order valence-electron chi connectivity index (χ0n) is 14.4. The van der Waals surface area contributed by atoms with Gasteiger partial charge in [-0.15, -0.1) is 11.3 Å². The van der Waals surface area contributed by atoms with Crippen LogP contribution in [-0.4, -0.2) is 21.0 Å². The number of hydrogen-bond acceptors (Lipinski definition) is 6. The number of anilines is 1. The molecule has 0 spiro atoms. The molecule has 0 aliphatic heterocycles. The van der Waals surface area contributed by atoms with Crippen molar-refractivity contribution in [2.75, 3.05) is 5.32 Å². The lowest BCUT2D eigenvalue weighted by Gasteiger charge is -2.05. The molecule has 9 heteroatoms. The minimum Gasteiger partial charge on any atom is -0.360 e. The fraction of sp³-hybridized carbons (Fsp3) is 0.0526. The molecule has 28 heavy (non-hydrogen) atoms. The van der Waals surface area contributed by atoms with Crippen molar-refractivity contribution in [3.05, 3.63) is 70.1 Å². The molecule has 0 saturated carbocycles. The van der Waals surface area contributed by atoms with E-state index >= 15 is 0 Å². The number of benzene rings is 1. The van der Waals surface area contributed by atoms with E-state index in [0.29, 0.717) is 16.5 Å². The Balaban J connectivity index is 1.65. The normalized spacial score (nSPS) is 10.8. The Morgan fingerprint density at radius 3 is 2.82 bits per heavy atom. The predicted molar refractivity (Wildman–Crippen MR) is 105 cm³/mol. The molecular formula is C19H12ClFN4O2S. The van der Waals surface area contributed by atoms with E-state index in [-0.39, 0.29) is 27.6 Å². The molecule has 0 bridgehead atoms. The van der Waals surface area contributed by atoms with Gasteiger partial charge in [-0.1, -0.05) is 28.9 Å². The number of aromatic nitrogens is 3. The third-order valence-corrected chi connectivity index (χ3v) is 5.01. The number of nitrogens with one attached hydrogen (secondary N) is 1. The predicted octanol–water partition coefficient (Wildman–Crippen LogP) is 5.21. The number of halogens is 2. The van der Waals surface area contributed by atoms with Crippen molar-refractivity contribution in [3.63, 3.8) is 0 Å². The highest BCUT2D eigenvalue weighted by molar-refractivity contribution is 7.14. The van der Waals surface area contributed by atoms with Gasteiger partial charge < -0.3 is 4.52 Å². The number of nitrogens with zero attached hydrogens (tertiary/aromatic N) is 3. The summed E-state index contributed by atoms with van der Waals surface area (Å²) in [5.74, 6) is -0.871. The quantitative estimate of drug-likeness (QED) is 0.495. The van der Waals surface area contributed by atoms with Crippen molar-refractivity contribution < 1.29 is 13.7 Å². The van der Waals surface area contributed by atoms with E-state index in [2.05, 4.69) is 20.4 Å². The van der Waals surface area contributed by atoms with Gasteiger partial charge in [0.2, 0.25) is 0 Å². The Morgan fingerprint density at radius 2 is 2.07 bits per heavy atom. The van der Waals surface area contributed by atoms with E-state index in [1.165, 1.54) is 29.5 Å². The lowest BCUT2D eigenvalue weighted by Crippen LogP contribution is -2.13. The first-order valence-corrected chi connectivity index (χ1v) is 9.39. The molecule has 1 amide bonds. The summed E-state index contributed by atoms with van der Waals surface area (Å²) >= 11 is 7.36. The summed E-state index contributed by atoms with van der Waals surface area (Å²) in [6, 6.07) is 9.72. The molecule has 1 aromatic carbocycles. The zero-order chi connectivity index (χ0) is 19.7. The molecule has 3 heterocycles. The SMILES string of the molecule is Cc1onc(-c2c(F)cccc2Cl)c1C(=O)Nc1nc(-c2ccccn2)cs1. The molecule has 4 rings (SSSR count). The van der Waals surface area contributed by atoms with Crippen LogP contribution in [0, 0.1) is 12.7 Å². The van der Waals surface area contributed by atoms with E-state index in [1.807, 2.05) is 18.2 Å². The highest BCUT2D eigenvalue weighted by atomic mass is 35.5. The van der Waals surface area contributed by atoms with E-state index in [1.54, 1.807) is 18.5 Å². The number of amides is 1. The van der Waals surface area contributed by atoms with Gasteiger partial charge in [-0.2, -0.15) is 0 Å². The summed E-state index contributed by atoms with van der Waals surface area (Å²) in [6.07, 6.45) is 1.66. The lowest BCUT2D eigenvalue weighted by molar-refractivity contribution is 0.102. The smallest absolute Gasteiger partial charge is 0.263 e. The van der Waals surface area contributed by atoms with Gasteiger partial charge in [0.05, 0.1) is 16.3 Å². The van der Waals surface area contributed by atoms with Crippen molar-refractivity contribution in [2.45, 2.75) is 6.92 Å². The van der Waals surface area contributed by atoms with Gasteiger partial charge in [0, 0.05) is 11.6 Å².